The molecule has 30 heavy (non-hydrogen) atoms. The second-order valence-corrected chi connectivity index (χ2v) is 8.11. The van der Waals surface area contributed by atoms with Crippen molar-refractivity contribution in [3.63, 3.8) is 0 Å². The number of fused-ring (bicyclic) bond motifs is 1. The van der Waals surface area contributed by atoms with Crippen LogP contribution in [0.1, 0.15) is 0 Å². The first-order chi connectivity index (χ1) is 14.8. The van der Waals surface area contributed by atoms with Gasteiger partial charge in [-0.05, 0) is 41.3 Å². The van der Waals surface area contributed by atoms with E-state index in [1.165, 1.54) is 21.9 Å². The van der Waals surface area contributed by atoms with E-state index in [-0.39, 0.29) is 0 Å². The molecule has 5 aromatic rings. The van der Waals surface area contributed by atoms with Crippen molar-refractivity contribution in [2.24, 2.45) is 0 Å². The summed E-state index contributed by atoms with van der Waals surface area (Å²) in [5.74, 6) is 0. The van der Waals surface area contributed by atoms with Crippen molar-refractivity contribution in [2.45, 2.75) is 0 Å². The van der Waals surface area contributed by atoms with E-state index in [0.717, 1.165) is 21.5 Å². The lowest BCUT2D eigenvalue weighted by molar-refractivity contribution is 1.29. The molecule has 0 spiro atoms. The molecule has 5 aromatic carbocycles. The van der Waals surface area contributed by atoms with Crippen molar-refractivity contribution in [3.8, 4) is 11.1 Å². The number of halogens is 1. The number of rotatable bonds is 4. The molecule has 0 radical (unpaired) electrons. The van der Waals surface area contributed by atoms with Crippen molar-refractivity contribution in [2.75, 3.05) is 4.90 Å². The van der Waals surface area contributed by atoms with Crippen molar-refractivity contribution in [1.29, 1.82) is 0 Å². The van der Waals surface area contributed by atoms with Crippen LogP contribution in [0.3, 0.4) is 0 Å². The lowest BCUT2D eigenvalue weighted by Crippen LogP contribution is -2.11. The SMILES string of the molecule is Brc1ccc(-c2ccccc2)c(N(c2ccccc2)c2cccc3ccccc23)c1. The van der Waals surface area contributed by atoms with Crippen LogP contribution in [-0.2, 0) is 0 Å². The average molecular weight is 450 g/mol. The van der Waals surface area contributed by atoms with Crippen molar-refractivity contribution in [1.82, 2.24) is 0 Å². The number of anilines is 3. The molecule has 0 saturated carbocycles. The molecular formula is C28H20BrN. The Hall–Kier alpha value is -3.36. The summed E-state index contributed by atoms with van der Waals surface area (Å²) in [5, 5.41) is 2.45. The summed E-state index contributed by atoms with van der Waals surface area (Å²) in [7, 11) is 0. The Labute approximate surface area is 185 Å². The summed E-state index contributed by atoms with van der Waals surface area (Å²) in [5.41, 5.74) is 5.81. The van der Waals surface area contributed by atoms with Gasteiger partial charge in [-0.1, -0.05) is 107 Å². The molecule has 0 atom stereocenters. The largest absolute Gasteiger partial charge is 0.309 e. The predicted molar refractivity (Wildman–Crippen MR) is 132 cm³/mol. The molecule has 0 aliphatic heterocycles. The predicted octanol–water partition coefficient (Wildman–Crippen LogP) is 8.74. The molecule has 5 rings (SSSR count). The maximum absolute atomic E-state index is 3.71. The smallest absolute Gasteiger partial charge is 0.0551 e. The number of nitrogens with zero attached hydrogens (tertiary/aromatic N) is 1. The number of hydrogen-bond acceptors (Lipinski definition) is 1. The molecule has 0 aromatic heterocycles. The molecule has 1 nitrogen and oxygen atoms in total. The Morgan fingerprint density at radius 2 is 1.20 bits per heavy atom. The molecule has 0 fully saturated rings. The molecule has 0 N–H and O–H groups in total. The van der Waals surface area contributed by atoms with Crippen molar-refractivity contribution in [3.05, 3.63) is 126 Å². The molecule has 2 heteroatoms. The minimum Gasteiger partial charge on any atom is -0.309 e. The average Bonchev–Trinajstić information content (AvgIpc) is 2.81. The van der Waals surface area contributed by atoms with Crippen LogP contribution in [0.2, 0.25) is 0 Å². The van der Waals surface area contributed by atoms with E-state index in [4.69, 9.17) is 0 Å². The van der Waals surface area contributed by atoms with Gasteiger partial charge in [-0.2, -0.15) is 0 Å². The van der Waals surface area contributed by atoms with E-state index in [2.05, 4.69) is 142 Å². The fraction of sp³-hybridized carbons (Fsp3) is 0. The zero-order valence-electron chi connectivity index (χ0n) is 16.4. The van der Waals surface area contributed by atoms with Crippen LogP contribution in [0.15, 0.2) is 126 Å². The Bertz CT molecular complexity index is 1290. The van der Waals surface area contributed by atoms with E-state index >= 15 is 0 Å². The van der Waals surface area contributed by atoms with Gasteiger partial charge < -0.3 is 4.90 Å². The summed E-state index contributed by atoms with van der Waals surface area (Å²) in [6.07, 6.45) is 0. The Morgan fingerprint density at radius 3 is 2.00 bits per heavy atom. The third-order valence-electron chi connectivity index (χ3n) is 5.31. The topological polar surface area (TPSA) is 3.24 Å². The van der Waals surface area contributed by atoms with Crippen LogP contribution in [0.25, 0.3) is 21.9 Å². The van der Waals surface area contributed by atoms with E-state index in [1.54, 1.807) is 0 Å². The fourth-order valence-corrected chi connectivity index (χ4v) is 4.29. The van der Waals surface area contributed by atoms with Gasteiger partial charge in [0.1, 0.15) is 0 Å². The molecule has 0 bridgehead atoms. The standard InChI is InChI=1S/C28H20BrN/c29-23-18-19-26(21-10-3-1-4-11-21)28(20-23)30(24-14-5-2-6-15-24)27-17-9-13-22-12-7-8-16-25(22)27/h1-20H. The molecule has 144 valence electrons. The van der Waals surface area contributed by atoms with Gasteiger partial charge in [0, 0.05) is 21.1 Å². The van der Waals surface area contributed by atoms with E-state index < -0.39 is 0 Å². The van der Waals surface area contributed by atoms with Crippen LogP contribution in [0.5, 0.6) is 0 Å². The summed E-state index contributed by atoms with van der Waals surface area (Å²) in [6.45, 7) is 0. The van der Waals surface area contributed by atoms with Crippen LogP contribution in [-0.4, -0.2) is 0 Å². The third-order valence-corrected chi connectivity index (χ3v) is 5.80. The zero-order valence-corrected chi connectivity index (χ0v) is 18.0. The maximum atomic E-state index is 3.71. The summed E-state index contributed by atoms with van der Waals surface area (Å²) in [4.78, 5) is 2.36. The lowest BCUT2D eigenvalue weighted by atomic mass is 10.0. The molecule has 0 saturated heterocycles. The zero-order chi connectivity index (χ0) is 20.3. The normalized spacial score (nSPS) is 10.8. The highest BCUT2D eigenvalue weighted by Crippen LogP contribution is 2.44. The van der Waals surface area contributed by atoms with E-state index in [1.807, 2.05) is 0 Å². The maximum Gasteiger partial charge on any atom is 0.0551 e. The molecule has 0 unspecified atom stereocenters. The van der Waals surface area contributed by atoms with Crippen LogP contribution < -0.4 is 4.90 Å². The third kappa shape index (κ3) is 3.51. The number of benzene rings is 5. The monoisotopic (exact) mass is 449 g/mol. The summed E-state index contributed by atoms with van der Waals surface area (Å²) >= 11 is 3.71. The first-order valence-corrected chi connectivity index (χ1v) is 10.8. The molecule has 0 aliphatic carbocycles. The van der Waals surface area contributed by atoms with Crippen LogP contribution in [0.4, 0.5) is 17.1 Å². The van der Waals surface area contributed by atoms with Gasteiger partial charge in [-0.15, -0.1) is 0 Å². The first-order valence-electron chi connectivity index (χ1n) is 9.99. The molecule has 0 amide bonds. The Morgan fingerprint density at radius 1 is 0.533 bits per heavy atom. The van der Waals surface area contributed by atoms with Crippen LogP contribution >= 0.6 is 15.9 Å². The second kappa shape index (κ2) is 8.17. The van der Waals surface area contributed by atoms with Gasteiger partial charge in [0.05, 0.1) is 11.4 Å². The van der Waals surface area contributed by atoms with Gasteiger partial charge in [-0.25, -0.2) is 0 Å². The Kier molecular flexibility index (Phi) is 5.08. The van der Waals surface area contributed by atoms with E-state index in [0.29, 0.717) is 0 Å². The highest BCUT2D eigenvalue weighted by molar-refractivity contribution is 9.10. The highest BCUT2D eigenvalue weighted by atomic mass is 79.9. The second-order valence-electron chi connectivity index (χ2n) is 7.20. The minimum absolute atomic E-state index is 1.05. The molecular weight excluding hydrogens is 430 g/mol. The van der Waals surface area contributed by atoms with Gasteiger partial charge in [0.25, 0.3) is 0 Å². The van der Waals surface area contributed by atoms with Gasteiger partial charge in [0.15, 0.2) is 0 Å². The highest BCUT2D eigenvalue weighted by Gasteiger charge is 2.19. The summed E-state index contributed by atoms with van der Waals surface area (Å²) in [6, 6.07) is 42.7. The molecule has 0 heterocycles. The summed E-state index contributed by atoms with van der Waals surface area (Å²) < 4.78 is 1.05. The molecule has 0 aliphatic rings. The lowest BCUT2D eigenvalue weighted by Gasteiger charge is -2.29. The fourth-order valence-electron chi connectivity index (χ4n) is 3.94. The van der Waals surface area contributed by atoms with Crippen molar-refractivity contribution >= 4 is 43.8 Å². The van der Waals surface area contributed by atoms with Gasteiger partial charge >= 0.3 is 0 Å². The number of para-hydroxylation sites is 1. The Balaban J connectivity index is 1.83. The van der Waals surface area contributed by atoms with E-state index in [9.17, 15) is 0 Å². The minimum atomic E-state index is 1.05. The number of hydrogen-bond donors (Lipinski definition) is 0. The van der Waals surface area contributed by atoms with Crippen molar-refractivity contribution < 1.29 is 0 Å². The van der Waals surface area contributed by atoms with Gasteiger partial charge in [-0.3, -0.25) is 0 Å². The first kappa shape index (κ1) is 18.7. The quantitative estimate of drug-likeness (QED) is 0.265. The van der Waals surface area contributed by atoms with Gasteiger partial charge in [0.2, 0.25) is 0 Å². The van der Waals surface area contributed by atoms with Crippen LogP contribution in [0, 0.1) is 0 Å².